The molecule has 1 heterocycles. The van der Waals surface area contributed by atoms with Crippen molar-refractivity contribution in [3.05, 3.63) is 35.9 Å². The molecule has 1 aliphatic heterocycles. The molecule has 0 amide bonds. The molecule has 0 unspecified atom stereocenters. The van der Waals surface area contributed by atoms with E-state index in [-0.39, 0.29) is 13.0 Å². The van der Waals surface area contributed by atoms with Crippen molar-refractivity contribution in [3.63, 3.8) is 0 Å². The smallest absolute Gasteiger partial charge is 0.335 e. The second-order valence-corrected chi connectivity index (χ2v) is 5.49. The third-order valence-electron chi connectivity index (χ3n) is 3.51. The van der Waals surface area contributed by atoms with Crippen LogP contribution in [0.4, 0.5) is 0 Å². The highest BCUT2D eigenvalue weighted by Gasteiger charge is 2.48. The van der Waals surface area contributed by atoms with Gasteiger partial charge in [-0.2, -0.15) is 5.26 Å². The molecule has 0 aromatic heterocycles. The number of ether oxygens (including phenoxy) is 2. The molecule has 5 heteroatoms. The van der Waals surface area contributed by atoms with E-state index in [1.54, 1.807) is 21.0 Å². The number of nitrogens with zero attached hydrogens (tertiary/aromatic N) is 2. The average Bonchev–Trinajstić information content (AvgIpc) is 2.45. The van der Waals surface area contributed by atoms with E-state index in [0.717, 1.165) is 5.56 Å². The summed E-state index contributed by atoms with van der Waals surface area (Å²) in [6, 6.07) is 11.5. The number of hydrogen-bond donors (Lipinski definition) is 0. The first kappa shape index (κ1) is 15.2. The number of methoxy groups -OCH3 is 1. The van der Waals surface area contributed by atoms with E-state index in [1.807, 2.05) is 36.4 Å². The number of benzene rings is 1. The minimum Gasteiger partial charge on any atom is -0.449 e. The Bertz CT molecular complexity index is 606. The van der Waals surface area contributed by atoms with Gasteiger partial charge < -0.3 is 9.47 Å². The number of aliphatic imine (C=N–C) groups is 1. The summed E-state index contributed by atoms with van der Waals surface area (Å²) in [5.74, 6) is -0.497. The molecule has 0 aliphatic carbocycles. The van der Waals surface area contributed by atoms with Crippen molar-refractivity contribution in [1.29, 1.82) is 5.26 Å². The van der Waals surface area contributed by atoms with Gasteiger partial charge in [0.2, 0.25) is 0 Å². The number of nitriles is 1. The van der Waals surface area contributed by atoms with Crippen LogP contribution < -0.4 is 0 Å². The van der Waals surface area contributed by atoms with Crippen LogP contribution in [0.3, 0.4) is 0 Å². The van der Waals surface area contributed by atoms with Crippen LogP contribution in [0.15, 0.2) is 35.3 Å². The third kappa shape index (κ3) is 2.81. The molecule has 0 spiro atoms. The van der Waals surface area contributed by atoms with Crippen molar-refractivity contribution < 1.29 is 14.3 Å². The molecular formula is C16H18N2O3. The molecule has 1 aromatic carbocycles. The lowest BCUT2D eigenvalue weighted by molar-refractivity contribution is -0.163. The lowest BCUT2D eigenvalue weighted by Crippen LogP contribution is -2.55. The Hall–Kier alpha value is -2.19. The Morgan fingerprint density at radius 2 is 2.00 bits per heavy atom. The van der Waals surface area contributed by atoms with Crippen LogP contribution in [-0.2, 0) is 14.3 Å². The van der Waals surface area contributed by atoms with Crippen LogP contribution in [0.2, 0.25) is 0 Å². The number of cyclic esters (lactones) is 1. The fraction of sp³-hybridized carbons (Fsp3) is 0.438. The molecule has 1 aromatic rings. The summed E-state index contributed by atoms with van der Waals surface area (Å²) in [6.45, 7) is 3.59. The van der Waals surface area contributed by atoms with Crippen LogP contribution >= 0.6 is 0 Å². The van der Waals surface area contributed by atoms with Crippen LogP contribution in [-0.4, -0.2) is 36.5 Å². The summed E-state index contributed by atoms with van der Waals surface area (Å²) in [7, 11) is 1.55. The maximum absolute atomic E-state index is 12.2. The number of hydrogen-bond acceptors (Lipinski definition) is 5. The van der Waals surface area contributed by atoms with Gasteiger partial charge in [-0.1, -0.05) is 30.3 Å². The van der Waals surface area contributed by atoms with Gasteiger partial charge in [-0.05, 0) is 19.4 Å². The Morgan fingerprint density at radius 3 is 2.57 bits per heavy atom. The molecule has 21 heavy (non-hydrogen) atoms. The third-order valence-corrected chi connectivity index (χ3v) is 3.51. The Balaban J connectivity index is 2.57. The van der Waals surface area contributed by atoms with Gasteiger partial charge in [-0.3, -0.25) is 4.99 Å². The molecule has 110 valence electrons. The van der Waals surface area contributed by atoms with E-state index in [2.05, 4.69) is 4.99 Å². The molecule has 0 saturated carbocycles. The maximum Gasteiger partial charge on any atom is 0.335 e. The highest BCUT2D eigenvalue weighted by Crippen LogP contribution is 2.32. The summed E-state index contributed by atoms with van der Waals surface area (Å²) in [5, 5.41) is 8.94. The first-order valence-electron chi connectivity index (χ1n) is 6.70. The fourth-order valence-electron chi connectivity index (χ4n) is 2.38. The van der Waals surface area contributed by atoms with Gasteiger partial charge in [0.25, 0.3) is 0 Å². The van der Waals surface area contributed by atoms with Crippen molar-refractivity contribution in [2.45, 2.75) is 31.4 Å². The average molecular weight is 286 g/mol. The van der Waals surface area contributed by atoms with Crippen molar-refractivity contribution in [3.8, 4) is 6.07 Å². The minimum atomic E-state index is -1.17. The summed E-state index contributed by atoms with van der Waals surface area (Å²) in [6.07, 6.45) is -0.0226. The number of carbonyl (C=O) groups excluding carboxylic acids is 1. The lowest BCUT2D eigenvalue weighted by atomic mass is 9.88. The monoisotopic (exact) mass is 286 g/mol. The molecule has 1 aliphatic rings. The van der Waals surface area contributed by atoms with Crippen LogP contribution in [0.1, 0.15) is 25.8 Å². The quantitative estimate of drug-likeness (QED) is 0.795. The predicted octanol–water partition coefficient (Wildman–Crippen LogP) is 2.11. The van der Waals surface area contributed by atoms with E-state index in [0.29, 0.717) is 5.71 Å². The first-order chi connectivity index (χ1) is 9.95. The maximum atomic E-state index is 12.2. The Labute approximate surface area is 124 Å². The van der Waals surface area contributed by atoms with Gasteiger partial charge in [-0.15, -0.1) is 0 Å². The van der Waals surface area contributed by atoms with E-state index in [1.165, 1.54) is 0 Å². The van der Waals surface area contributed by atoms with Crippen LogP contribution in [0, 0.1) is 11.3 Å². The van der Waals surface area contributed by atoms with E-state index in [4.69, 9.17) is 14.7 Å². The van der Waals surface area contributed by atoms with Crippen molar-refractivity contribution in [2.24, 2.45) is 4.99 Å². The highest BCUT2D eigenvalue weighted by atomic mass is 16.6. The fourth-order valence-corrected chi connectivity index (χ4v) is 2.38. The van der Waals surface area contributed by atoms with Gasteiger partial charge in [0.05, 0.1) is 24.8 Å². The molecule has 2 rings (SSSR count). The Morgan fingerprint density at radius 1 is 1.33 bits per heavy atom. The van der Waals surface area contributed by atoms with Crippen LogP contribution in [0.5, 0.6) is 0 Å². The molecular weight excluding hydrogens is 268 g/mol. The van der Waals surface area contributed by atoms with E-state index < -0.39 is 17.1 Å². The van der Waals surface area contributed by atoms with Crippen molar-refractivity contribution >= 4 is 11.7 Å². The molecule has 0 N–H and O–H groups in total. The van der Waals surface area contributed by atoms with Crippen molar-refractivity contribution in [1.82, 2.24) is 0 Å². The van der Waals surface area contributed by atoms with Crippen LogP contribution in [0.25, 0.3) is 0 Å². The zero-order valence-corrected chi connectivity index (χ0v) is 12.4. The molecule has 0 fully saturated rings. The zero-order valence-electron chi connectivity index (χ0n) is 12.4. The van der Waals surface area contributed by atoms with Gasteiger partial charge in [0.1, 0.15) is 0 Å². The summed E-state index contributed by atoms with van der Waals surface area (Å²) in [5.41, 5.74) is -0.647. The Kier molecular flexibility index (Phi) is 4.10. The summed E-state index contributed by atoms with van der Waals surface area (Å²) < 4.78 is 10.8. The SMILES string of the molecule is COC[C@]1(C)OC(=O)[C@@](C)(CC#N)N=C1c1ccccc1. The number of carbonyl (C=O) groups is 1. The van der Waals surface area contributed by atoms with E-state index in [9.17, 15) is 4.79 Å². The topological polar surface area (TPSA) is 71.7 Å². The minimum absolute atomic E-state index is 0.0226. The molecule has 0 bridgehead atoms. The standard InChI is InChI=1S/C16H18N2O3/c1-15(9-10-17)14(19)21-16(2,11-20-3)13(18-15)12-7-5-4-6-8-12/h4-8H,9,11H2,1-3H3/t15-,16+/m1/s1. The predicted molar refractivity (Wildman–Crippen MR) is 78.0 cm³/mol. The summed E-state index contributed by atoms with van der Waals surface area (Å²) in [4.78, 5) is 16.8. The number of rotatable bonds is 4. The van der Waals surface area contributed by atoms with Gasteiger partial charge in [0.15, 0.2) is 11.1 Å². The second kappa shape index (κ2) is 5.66. The molecule has 5 nitrogen and oxygen atoms in total. The van der Waals surface area contributed by atoms with E-state index >= 15 is 0 Å². The largest absolute Gasteiger partial charge is 0.449 e. The highest BCUT2D eigenvalue weighted by molar-refractivity contribution is 6.10. The molecule has 0 saturated heterocycles. The lowest BCUT2D eigenvalue weighted by Gasteiger charge is -2.39. The normalized spacial score (nSPS) is 28.5. The summed E-state index contributed by atoms with van der Waals surface area (Å²) >= 11 is 0. The second-order valence-electron chi connectivity index (χ2n) is 5.49. The first-order valence-corrected chi connectivity index (χ1v) is 6.70. The molecule has 2 atom stereocenters. The van der Waals surface area contributed by atoms with Crippen molar-refractivity contribution in [2.75, 3.05) is 13.7 Å². The van der Waals surface area contributed by atoms with Gasteiger partial charge in [-0.25, -0.2) is 4.79 Å². The molecule has 0 radical (unpaired) electrons. The number of esters is 1. The van der Waals surface area contributed by atoms with Gasteiger partial charge >= 0.3 is 5.97 Å². The zero-order chi connectivity index (χ0) is 15.5. The van der Waals surface area contributed by atoms with Gasteiger partial charge in [0, 0.05) is 7.11 Å².